The highest BCUT2D eigenvalue weighted by atomic mass is 32.1. The summed E-state index contributed by atoms with van der Waals surface area (Å²) in [6.07, 6.45) is 2.40. The molecule has 6 nitrogen and oxygen atoms in total. The van der Waals surface area contributed by atoms with Crippen molar-refractivity contribution in [3.63, 3.8) is 0 Å². The molecule has 0 saturated carbocycles. The number of thiophene rings is 1. The molecule has 0 bridgehead atoms. The summed E-state index contributed by atoms with van der Waals surface area (Å²) in [6.45, 7) is 2.05. The summed E-state index contributed by atoms with van der Waals surface area (Å²) in [4.78, 5) is 43.9. The third-order valence-electron chi connectivity index (χ3n) is 4.87. The van der Waals surface area contributed by atoms with E-state index in [0.717, 1.165) is 21.4 Å². The van der Waals surface area contributed by atoms with Crippen LogP contribution in [0.1, 0.15) is 27.7 Å². The van der Waals surface area contributed by atoms with Gasteiger partial charge >= 0.3 is 5.69 Å². The summed E-state index contributed by atoms with van der Waals surface area (Å²) < 4.78 is 2.49. The maximum Gasteiger partial charge on any atom is 0.332 e. The average Bonchev–Trinajstić information content (AvgIpc) is 3.27. The third kappa shape index (κ3) is 3.69. The van der Waals surface area contributed by atoms with E-state index in [1.54, 1.807) is 24.3 Å². The molecule has 0 aliphatic heterocycles. The maximum atomic E-state index is 13.1. The Hall–Kier alpha value is -3.32. The van der Waals surface area contributed by atoms with E-state index in [2.05, 4.69) is 4.98 Å². The van der Waals surface area contributed by atoms with Crippen LogP contribution in [0, 0.1) is 0 Å². The Bertz CT molecular complexity index is 1290. The molecule has 3 aromatic heterocycles. The highest BCUT2D eigenvalue weighted by Gasteiger charge is 2.17. The van der Waals surface area contributed by atoms with Gasteiger partial charge < -0.3 is 0 Å². The van der Waals surface area contributed by atoms with E-state index in [1.807, 2.05) is 36.6 Å². The molecular weight excluding hydrogens is 386 g/mol. The molecule has 0 fully saturated rings. The molecule has 0 aliphatic rings. The smallest absolute Gasteiger partial charge is 0.292 e. The SMILES string of the molecule is CCc1ccc(C(=O)Cn2c(=O)n(Cc3cccs3)c(=O)c3ncccc32)cc1. The molecule has 4 aromatic rings. The van der Waals surface area contributed by atoms with Gasteiger partial charge in [0.2, 0.25) is 0 Å². The van der Waals surface area contributed by atoms with Crippen LogP contribution in [0.3, 0.4) is 0 Å². The van der Waals surface area contributed by atoms with Gasteiger partial charge in [0.05, 0.1) is 18.6 Å². The molecule has 0 N–H and O–H groups in total. The molecule has 146 valence electrons. The van der Waals surface area contributed by atoms with Crippen LogP contribution in [0.4, 0.5) is 0 Å². The van der Waals surface area contributed by atoms with Crippen molar-refractivity contribution < 1.29 is 4.79 Å². The van der Waals surface area contributed by atoms with Gasteiger partial charge in [-0.05, 0) is 35.6 Å². The number of benzene rings is 1. The van der Waals surface area contributed by atoms with Crippen LogP contribution in [0.25, 0.3) is 11.0 Å². The Morgan fingerprint density at radius 1 is 1.03 bits per heavy atom. The van der Waals surface area contributed by atoms with Gasteiger partial charge in [-0.3, -0.25) is 18.7 Å². The summed E-state index contributed by atoms with van der Waals surface area (Å²) in [7, 11) is 0. The number of aromatic nitrogens is 3. The van der Waals surface area contributed by atoms with Gasteiger partial charge in [0, 0.05) is 16.6 Å². The monoisotopic (exact) mass is 405 g/mol. The first-order valence-electron chi connectivity index (χ1n) is 9.31. The molecule has 7 heteroatoms. The number of aryl methyl sites for hydroxylation is 1. The van der Waals surface area contributed by atoms with Crippen LogP contribution < -0.4 is 11.2 Å². The van der Waals surface area contributed by atoms with Crippen LogP contribution in [-0.2, 0) is 19.5 Å². The van der Waals surface area contributed by atoms with Crippen molar-refractivity contribution in [2.45, 2.75) is 26.4 Å². The largest absolute Gasteiger partial charge is 0.332 e. The van der Waals surface area contributed by atoms with Gasteiger partial charge in [0.15, 0.2) is 11.3 Å². The lowest BCUT2D eigenvalue weighted by atomic mass is 10.1. The number of rotatable bonds is 6. The summed E-state index contributed by atoms with van der Waals surface area (Å²) in [6, 6.07) is 14.4. The predicted molar refractivity (Wildman–Crippen MR) is 114 cm³/mol. The van der Waals surface area contributed by atoms with E-state index in [0.29, 0.717) is 11.1 Å². The van der Waals surface area contributed by atoms with E-state index in [4.69, 9.17) is 0 Å². The third-order valence-corrected chi connectivity index (χ3v) is 5.73. The van der Waals surface area contributed by atoms with E-state index in [1.165, 1.54) is 22.1 Å². The molecule has 0 radical (unpaired) electrons. The van der Waals surface area contributed by atoms with Crippen molar-refractivity contribution in [2.24, 2.45) is 0 Å². The zero-order chi connectivity index (χ0) is 20.4. The van der Waals surface area contributed by atoms with Crippen molar-refractivity contribution in [3.8, 4) is 0 Å². The van der Waals surface area contributed by atoms with Crippen LogP contribution in [-0.4, -0.2) is 19.9 Å². The van der Waals surface area contributed by atoms with Gasteiger partial charge in [0.25, 0.3) is 5.56 Å². The van der Waals surface area contributed by atoms with Crippen LogP contribution in [0.5, 0.6) is 0 Å². The van der Waals surface area contributed by atoms with Crippen molar-refractivity contribution >= 4 is 28.2 Å². The zero-order valence-electron chi connectivity index (χ0n) is 15.9. The normalized spacial score (nSPS) is 11.1. The second kappa shape index (κ2) is 7.97. The Kier molecular flexibility index (Phi) is 5.22. The predicted octanol–water partition coefficient (Wildman–Crippen LogP) is 3.11. The molecule has 0 unspecified atom stereocenters. The Balaban J connectivity index is 1.81. The number of pyridine rings is 1. The molecule has 0 aliphatic carbocycles. The van der Waals surface area contributed by atoms with Gasteiger partial charge in [-0.1, -0.05) is 37.3 Å². The average molecular weight is 405 g/mol. The minimum Gasteiger partial charge on any atom is -0.292 e. The number of hydrogen-bond acceptors (Lipinski definition) is 5. The zero-order valence-corrected chi connectivity index (χ0v) is 16.7. The first kappa shape index (κ1) is 19.0. The van der Waals surface area contributed by atoms with Gasteiger partial charge in [-0.15, -0.1) is 11.3 Å². The first-order chi connectivity index (χ1) is 14.1. The van der Waals surface area contributed by atoms with Gasteiger partial charge in [0.1, 0.15) is 0 Å². The number of carbonyl (C=O) groups excluding carboxylic acids is 1. The first-order valence-corrected chi connectivity index (χ1v) is 10.2. The fourth-order valence-electron chi connectivity index (χ4n) is 3.25. The number of fused-ring (bicyclic) bond motifs is 1. The highest BCUT2D eigenvalue weighted by molar-refractivity contribution is 7.09. The summed E-state index contributed by atoms with van der Waals surface area (Å²) in [5, 5.41) is 1.89. The minimum absolute atomic E-state index is 0.154. The molecular formula is C22H19N3O3S. The van der Waals surface area contributed by atoms with Crippen LogP contribution in [0.2, 0.25) is 0 Å². The standard InChI is InChI=1S/C22H19N3O3S/c1-2-15-7-9-16(10-8-15)19(26)14-24-18-6-3-11-23-20(18)21(27)25(22(24)28)13-17-5-4-12-29-17/h3-12H,2,13-14H2,1H3. The molecule has 1 aromatic carbocycles. The number of hydrogen-bond donors (Lipinski definition) is 0. The second-order valence-corrected chi connectivity index (χ2v) is 7.72. The Morgan fingerprint density at radius 2 is 1.83 bits per heavy atom. The molecule has 3 heterocycles. The van der Waals surface area contributed by atoms with Crippen molar-refractivity contribution in [3.05, 3.63) is 96.9 Å². The topological polar surface area (TPSA) is 74.0 Å². The molecule has 0 saturated heterocycles. The Labute approximate surface area is 170 Å². The fraction of sp³-hybridized carbons (Fsp3) is 0.182. The lowest BCUT2D eigenvalue weighted by molar-refractivity contribution is 0.0971. The number of nitrogens with zero attached hydrogens (tertiary/aromatic N) is 3. The molecule has 29 heavy (non-hydrogen) atoms. The van der Waals surface area contributed by atoms with Gasteiger partial charge in [-0.25, -0.2) is 9.78 Å². The number of Topliss-reactive ketones (excluding diaryl/α,β-unsaturated/α-hetero) is 1. The number of ketones is 1. The fourth-order valence-corrected chi connectivity index (χ4v) is 3.95. The van der Waals surface area contributed by atoms with Gasteiger partial charge in [-0.2, -0.15) is 0 Å². The van der Waals surface area contributed by atoms with E-state index < -0.39 is 11.2 Å². The van der Waals surface area contributed by atoms with Crippen molar-refractivity contribution in [1.29, 1.82) is 0 Å². The molecule has 4 rings (SSSR count). The number of carbonyl (C=O) groups is 1. The van der Waals surface area contributed by atoms with Crippen LogP contribution >= 0.6 is 11.3 Å². The summed E-state index contributed by atoms with van der Waals surface area (Å²) >= 11 is 1.47. The van der Waals surface area contributed by atoms with Crippen LogP contribution in [0.15, 0.2) is 69.7 Å². The van der Waals surface area contributed by atoms with Crippen molar-refractivity contribution in [2.75, 3.05) is 0 Å². The minimum atomic E-state index is -0.512. The van der Waals surface area contributed by atoms with E-state index in [9.17, 15) is 14.4 Å². The lowest BCUT2D eigenvalue weighted by Gasteiger charge is -2.13. The second-order valence-electron chi connectivity index (χ2n) is 6.68. The molecule has 0 atom stereocenters. The molecule has 0 amide bonds. The highest BCUT2D eigenvalue weighted by Crippen LogP contribution is 2.12. The molecule has 0 spiro atoms. The van der Waals surface area contributed by atoms with E-state index >= 15 is 0 Å². The Morgan fingerprint density at radius 3 is 2.52 bits per heavy atom. The van der Waals surface area contributed by atoms with E-state index in [-0.39, 0.29) is 24.4 Å². The summed E-state index contributed by atoms with van der Waals surface area (Å²) in [5.41, 5.74) is 1.25. The lowest BCUT2D eigenvalue weighted by Crippen LogP contribution is -2.41. The quantitative estimate of drug-likeness (QED) is 0.462. The van der Waals surface area contributed by atoms with Crippen molar-refractivity contribution in [1.82, 2.24) is 14.1 Å². The maximum absolute atomic E-state index is 13.1. The summed E-state index contributed by atoms with van der Waals surface area (Å²) in [5.74, 6) is -0.193.